The zero-order valence-corrected chi connectivity index (χ0v) is 14.3. The Morgan fingerprint density at radius 1 is 1.19 bits per heavy atom. The van der Waals surface area contributed by atoms with Crippen LogP contribution in [0, 0.1) is 0 Å². The van der Waals surface area contributed by atoms with Crippen LogP contribution in [0.25, 0.3) is 0 Å². The van der Waals surface area contributed by atoms with Crippen molar-refractivity contribution in [1.82, 2.24) is 15.3 Å². The molecule has 0 spiro atoms. The molecule has 0 bridgehead atoms. The summed E-state index contributed by atoms with van der Waals surface area (Å²) in [5.41, 5.74) is 1.41. The molecule has 5 rings (SSSR count). The molecule has 1 aromatic carbocycles. The first kappa shape index (κ1) is 15.4. The van der Waals surface area contributed by atoms with Crippen LogP contribution in [0.4, 0.5) is 5.82 Å². The largest absolute Gasteiger partial charge is 0.486 e. The molecule has 3 aliphatic rings. The molecule has 1 aromatic heterocycles. The predicted octanol–water partition coefficient (Wildman–Crippen LogP) is 1.89. The molecule has 134 valence electrons. The van der Waals surface area contributed by atoms with Gasteiger partial charge in [-0.05, 0) is 31.4 Å². The van der Waals surface area contributed by atoms with E-state index < -0.39 is 0 Å². The van der Waals surface area contributed by atoms with Crippen molar-refractivity contribution in [3.05, 3.63) is 41.3 Å². The van der Waals surface area contributed by atoms with Gasteiger partial charge in [-0.3, -0.25) is 4.79 Å². The van der Waals surface area contributed by atoms with Gasteiger partial charge in [0.25, 0.3) is 5.91 Å². The Labute approximate surface area is 151 Å². The number of rotatable bonds is 4. The monoisotopic (exact) mass is 352 g/mol. The smallest absolute Gasteiger partial charge is 0.270 e. The highest BCUT2D eigenvalue weighted by molar-refractivity contribution is 5.96. The summed E-state index contributed by atoms with van der Waals surface area (Å²) >= 11 is 0. The number of hydrogen-bond donors (Lipinski definition) is 2. The number of carbonyl (C=O) groups is 1. The van der Waals surface area contributed by atoms with E-state index in [2.05, 4.69) is 15.6 Å². The van der Waals surface area contributed by atoms with Crippen LogP contribution >= 0.6 is 0 Å². The van der Waals surface area contributed by atoms with Crippen molar-refractivity contribution in [3.8, 4) is 11.5 Å². The molecule has 26 heavy (non-hydrogen) atoms. The Bertz CT molecular complexity index is 866. The van der Waals surface area contributed by atoms with Crippen LogP contribution in [0.5, 0.6) is 11.5 Å². The van der Waals surface area contributed by atoms with Crippen molar-refractivity contribution in [2.24, 2.45) is 0 Å². The lowest BCUT2D eigenvalue weighted by Crippen LogP contribution is -2.37. The molecule has 1 saturated carbocycles. The minimum absolute atomic E-state index is 0.107. The van der Waals surface area contributed by atoms with Crippen molar-refractivity contribution in [3.63, 3.8) is 0 Å². The van der Waals surface area contributed by atoms with E-state index in [0.29, 0.717) is 31.3 Å². The molecule has 1 amide bonds. The minimum atomic E-state index is -0.114. The maximum atomic E-state index is 12.2. The van der Waals surface area contributed by atoms with E-state index in [1.54, 1.807) is 0 Å². The SMILES string of the molecule is O=C1NCCc2c(NCC3COc4ccccc4O3)nc(C3CC3)nc21. The van der Waals surface area contributed by atoms with Gasteiger partial charge in [-0.1, -0.05) is 12.1 Å². The minimum Gasteiger partial charge on any atom is -0.486 e. The summed E-state index contributed by atoms with van der Waals surface area (Å²) in [5, 5.41) is 6.25. The van der Waals surface area contributed by atoms with Gasteiger partial charge in [0, 0.05) is 18.0 Å². The van der Waals surface area contributed by atoms with Crippen molar-refractivity contribution in [1.29, 1.82) is 0 Å². The van der Waals surface area contributed by atoms with Crippen LogP contribution in [-0.2, 0) is 6.42 Å². The number of nitrogens with one attached hydrogen (secondary N) is 2. The Morgan fingerprint density at radius 2 is 2.04 bits per heavy atom. The summed E-state index contributed by atoms with van der Waals surface area (Å²) in [7, 11) is 0. The topological polar surface area (TPSA) is 85.4 Å². The third-order valence-corrected chi connectivity index (χ3v) is 4.91. The van der Waals surface area contributed by atoms with Gasteiger partial charge < -0.3 is 20.1 Å². The second kappa shape index (κ2) is 6.16. The maximum absolute atomic E-state index is 12.2. The van der Waals surface area contributed by atoms with E-state index in [-0.39, 0.29) is 12.0 Å². The zero-order chi connectivity index (χ0) is 17.5. The molecule has 1 aliphatic carbocycles. The van der Waals surface area contributed by atoms with Gasteiger partial charge in [0.1, 0.15) is 30.0 Å². The van der Waals surface area contributed by atoms with Gasteiger partial charge in [-0.25, -0.2) is 9.97 Å². The van der Waals surface area contributed by atoms with Crippen LogP contribution < -0.4 is 20.1 Å². The van der Waals surface area contributed by atoms with E-state index >= 15 is 0 Å². The molecule has 7 nitrogen and oxygen atoms in total. The van der Waals surface area contributed by atoms with Gasteiger partial charge in [0.2, 0.25) is 0 Å². The second-order valence-electron chi connectivity index (χ2n) is 6.92. The molecule has 2 N–H and O–H groups in total. The van der Waals surface area contributed by atoms with Gasteiger partial charge in [0.15, 0.2) is 11.5 Å². The van der Waals surface area contributed by atoms with E-state index in [9.17, 15) is 4.79 Å². The highest BCUT2D eigenvalue weighted by Crippen LogP contribution is 2.39. The molecule has 3 heterocycles. The summed E-state index contributed by atoms with van der Waals surface area (Å²) in [4.78, 5) is 21.4. The Kier molecular flexibility index (Phi) is 3.65. The Balaban J connectivity index is 1.36. The van der Waals surface area contributed by atoms with Crippen LogP contribution in [-0.4, -0.2) is 41.7 Å². The molecule has 0 saturated heterocycles. The highest BCUT2D eigenvalue weighted by Gasteiger charge is 2.31. The van der Waals surface area contributed by atoms with Gasteiger partial charge >= 0.3 is 0 Å². The lowest BCUT2D eigenvalue weighted by Gasteiger charge is -2.27. The van der Waals surface area contributed by atoms with E-state index in [4.69, 9.17) is 14.5 Å². The summed E-state index contributed by atoms with van der Waals surface area (Å²) in [6, 6.07) is 7.67. The first-order valence-electron chi connectivity index (χ1n) is 9.09. The fourth-order valence-electron chi connectivity index (χ4n) is 3.36. The molecule has 1 fully saturated rings. The summed E-state index contributed by atoms with van der Waals surface area (Å²) in [6.45, 7) is 1.65. The van der Waals surface area contributed by atoms with Crippen molar-refractivity contribution >= 4 is 11.7 Å². The van der Waals surface area contributed by atoms with Crippen molar-refractivity contribution < 1.29 is 14.3 Å². The number of amides is 1. The number of anilines is 1. The summed E-state index contributed by atoms with van der Waals surface area (Å²) in [6.07, 6.45) is 2.81. The zero-order valence-electron chi connectivity index (χ0n) is 14.3. The van der Waals surface area contributed by atoms with Crippen molar-refractivity contribution in [2.45, 2.75) is 31.3 Å². The summed E-state index contributed by atoms with van der Waals surface area (Å²) in [5.74, 6) is 3.34. The first-order valence-corrected chi connectivity index (χ1v) is 9.09. The highest BCUT2D eigenvalue weighted by atomic mass is 16.6. The lowest BCUT2D eigenvalue weighted by atomic mass is 10.1. The van der Waals surface area contributed by atoms with Crippen LogP contribution in [0.15, 0.2) is 24.3 Å². The number of nitrogens with zero attached hydrogens (tertiary/aromatic N) is 2. The van der Waals surface area contributed by atoms with Gasteiger partial charge in [-0.2, -0.15) is 0 Å². The standard InChI is InChI=1S/C19H20N4O3/c24-19-16-13(7-8-20-19)18(23-17(22-16)11-5-6-11)21-9-12-10-25-14-3-1-2-4-15(14)26-12/h1-4,11-12H,5-10H2,(H,20,24)(H,21,22,23). The van der Waals surface area contributed by atoms with E-state index in [0.717, 1.165) is 48.0 Å². The van der Waals surface area contributed by atoms with Crippen LogP contribution in [0.3, 0.4) is 0 Å². The number of para-hydroxylation sites is 2. The number of ether oxygens (including phenoxy) is 2. The average molecular weight is 352 g/mol. The first-order chi connectivity index (χ1) is 12.8. The maximum Gasteiger partial charge on any atom is 0.270 e. The van der Waals surface area contributed by atoms with Crippen LogP contribution in [0.1, 0.15) is 40.6 Å². The molecule has 2 aromatic rings. The lowest BCUT2D eigenvalue weighted by molar-refractivity contribution is 0.0939. The molecule has 1 unspecified atom stereocenters. The summed E-state index contributed by atoms with van der Waals surface area (Å²) < 4.78 is 11.8. The molecular formula is C19H20N4O3. The predicted molar refractivity (Wildman–Crippen MR) is 94.9 cm³/mol. The van der Waals surface area contributed by atoms with Crippen molar-refractivity contribution in [2.75, 3.05) is 25.0 Å². The normalized spacial score (nSPS) is 20.9. The molecule has 2 aliphatic heterocycles. The van der Waals surface area contributed by atoms with E-state index in [1.165, 1.54) is 0 Å². The molecule has 7 heteroatoms. The fourth-order valence-corrected chi connectivity index (χ4v) is 3.36. The van der Waals surface area contributed by atoms with Gasteiger partial charge in [0.05, 0.1) is 6.54 Å². The molecule has 0 radical (unpaired) electrons. The fraction of sp³-hybridized carbons (Fsp3) is 0.421. The molecule has 1 atom stereocenters. The number of fused-ring (bicyclic) bond motifs is 2. The third-order valence-electron chi connectivity index (χ3n) is 4.91. The Morgan fingerprint density at radius 3 is 2.88 bits per heavy atom. The van der Waals surface area contributed by atoms with E-state index in [1.807, 2.05) is 24.3 Å². The quantitative estimate of drug-likeness (QED) is 0.874. The number of hydrogen-bond acceptors (Lipinski definition) is 6. The van der Waals surface area contributed by atoms with Gasteiger partial charge in [-0.15, -0.1) is 0 Å². The average Bonchev–Trinajstić information content (AvgIpc) is 3.52. The third kappa shape index (κ3) is 2.83. The number of benzene rings is 1. The number of carbonyl (C=O) groups excluding carboxylic acids is 1. The molecular weight excluding hydrogens is 332 g/mol. The van der Waals surface area contributed by atoms with Crippen LogP contribution in [0.2, 0.25) is 0 Å². The Hall–Kier alpha value is -2.83. The second-order valence-corrected chi connectivity index (χ2v) is 6.92. The number of aromatic nitrogens is 2.